The van der Waals surface area contributed by atoms with E-state index in [9.17, 15) is 0 Å². The topological polar surface area (TPSA) is 3.24 Å². The molecule has 6 aromatic rings. The second-order valence-electron chi connectivity index (χ2n) is 20.0. The highest BCUT2D eigenvalue weighted by molar-refractivity contribution is 5.88. The zero-order chi connectivity index (χ0) is 37.9. The van der Waals surface area contributed by atoms with Crippen molar-refractivity contribution in [3.8, 4) is 33.4 Å². The van der Waals surface area contributed by atoms with Crippen molar-refractivity contribution < 1.29 is 0 Å². The number of benzene rings is 6. The standard InChI is InChI=1S/C56H55N/c1-55(2)52-23-17-43(40-9-5-3-6-10-40)30-51(52)48-22-20-47(32-54(48)55)57(45-18-15-42(16-19-45)49-29-36-13-14-44(49)28-36)46-21-24-53(50(31-46)41-11-7-4-8-12-41)56-33-37-25-38(34-56)27-39(26-37)35-56/h3-12,15-24,30-32,36-39,44,49H,13-14,25-29,33-35H2,1-2H3. The summed E-state index contributed by atoms with van der Waals surface area (Å²) >= 11 is 0. The Bertz CT molecular complexity index is 2450. The molecule has 0 radical (unpaired) electrons. The average Bonchev–Trinajstić information content (AvgIpc) is 3.94. The van der Waals surface area contributed by atoms with Gasteiger partial charge in [-0.3, -0.25) is 0 Å². The number of anilines is 3. The van der Waals surface area contributed by atoms with Gasteiger partial charge in [0.05, 0.1) is 0 Å². The number of hydrogen-bond donors (Lipinski definition) is 0. The molecule has 6 fully saturated rings. The summed E-state index contributed by atoms with van der Waals surface area (Å²) in [6, 6.07) is 54.2. The lowest BCUT2D eigenvalue weighted by Gasteiger charge is -2.57. The van der Waals surface area contributed by atoms with E-state index < -0.39 is 0 Å². The average molecular weight is 742 g/mol. The summed E-state index contributed by atoms with van der Waals surface area (Å²) < 4.78 is 0. The van der Waals surface area contributed by atoms with Crippen LogP contribution in [0.5, 0.6) is 0 Å². The van der Waals surface area contributed by atoms with Gasteiger partial charge in [-0.15, -0.1) is 0 Å². The van der Waals surface area contributed by atoms with Crippen LogP contribution in [0.25, 0.3) is 33.4 Å². The van der Waals surface area contributed by atoms with Crippen LogP contribution < -0.4 is 4.90 Å². The molecule has 57 heavy (non-hydrogen) atoms. The van der Waals surface area contributed by atoms with Crippen molar-refractivity contribution in [2.24, 2.45) is 29.6 Å². The highest BCUT2D eigenvalue weighted by atomic mass is 15.1. The molecule has 7 aliphatic carbocycles. The van der Waals surface area contributed by atoms with Crippen LogP contribution in [0.15, 0.2) is 140 Å². The second kappa shape index (κ2) is 12.8. The van der Waals surface area contributed by atoms with E-state index in [-0.39, 0.29) is 5.41 Å². The number of hydrogen-bond acceptors (Lipinski definition) is 1. The Labute approximate surface area is 340 Å². The van der Waals surface area contributed by atoms with Crippen molar-refractivity contribution in [3.05, 3.63) is 162 Å². The third-order valence-electron chi connectivity index (χ3n) is 16.3. The predicted molar refractivity (Wildman–Crippen MR) is 238 cm³/mol. The Morgan fingerprint density at radius 1 is 0.439 bits per heavy atom. The summed E-state index contributed by atoms with van der Waals surface area (Å²) in [5.74, 6) is 5.29. The van der Waals surface area contributed by atoms with Crippen LogP contribution in [-0.2, 0) is 10.8 Å². The number of fused-ring (bicyclic) bond motifs is 5. The molecule has 0 amide bonds. The molecule has 1 heteroatoms. The van der Waals surface area contributed by atoms with E-state index in [0.717, 1.165) is 35.5 Å². The molecule has 0 heterocycles. The molecule has 13 rings (SSSR count). The third-order valence-corrected chi connectivity index (χ3v) is 16.3. The molecule has 0 spiro atoms. The van der Waals surface area contributed by atoms with Gasteiger partial charge in [0.15, 0.2) is 0 Å². The first-order chi connectivity index (χ1) is 27.9. The van der Waals surface area contributed by atoms with E-state index in [1.165, 1.54) is 126 Å². The highest BCUT2D eigenvalue weighted by Crippen LogP contribution is 2.62. The molecule has 284 valence electrons. The summed E-state index contributed by atoms with van der Waals surface area (Å²) in [5.41, 5.74) is 18.1. The highest BCUT2D eigenvalue weighted by Gasteiger charge is 2.52. The van der Waals surface area contributed by atoms with Crippen molar-refractivity contribution in [1.29, 1.82) is 0 Å². The van der Waals surface area contributed by atoms with E-state index in [2.05, 4.69) is 158 Å². The van der Waals surface area contributed by atoms with Gasteiger partial charge in [0.2, 0.25) is 0 Å². The maximum atomic E-state index is 2.58. The van der Waals surface area contributed by atoms with Gasteiger partial charge < -0.3 is 4.90 Å². The molecule has 0 aromatic heterocycles. The van der Waals surface area contributed by atoms with Gasteiger partial charge in [0, 0.05) is 22.5 Å². The fraction of sp³-hybridized carbons (Fsp3) is 0.357. The van der Waals surface area contributed by atoms with Crippen LogP contribution in [0.1, 0.15) is 106 Å². The van der Waals surface area contributed by atoms with Gasteiger partial charge in [-0.2, -0.15) is 0 Å². The molecule has 7 aliphatic rings. The van der Waals surface area contributed by atoms with Crippen molar-refractivity contribution in [1.82, 2.24) is 0 Å². The molecule has 3 unspecified atom stereocenters. The van der Waals surface area contributed by atoms with Crippen molar-refractivity contribution >= 4 is 17.1 Å². The van der Waals surface area contributed by atoms with Gasteiger partial charge in [0.25, 0.3) is 0 Å². The first kappa shape index (κ1) is 34.2. The van der Waals surface area contributed by atoms with Crippen LogP contribution in [0, 0.1) is 29.6 Å². The Morgan fingerprint density at radius 3 is 1.74 bits per heavy atom. The smallest absolute Gasteiger partial charge is 0.0467 e. The molecular weight excluding hydrogens is 687 g/mol. The van der Waals surface area contributed by atoms with Crippen molar-refractivity contribution in [3.63, 3.8) is 0 Å². The molecule has 0 saturated heterocycles. The zero-order valence-corrected chi connectivity index (χ0v) is 33.8. The van der Waals surface area contributed by atoms with Gasteiger partial charge in [-0.05, 0) is 197 Å². The SMILES string of the molecule is CC1(C)c2ccc(-c3ccccc3)cc2-c2ccc(N(c3ccc(C4CC5CCC4C5)cc3)c3ccc(C45CC6CC(CC(C6)C4)C5)c(-c4ccccc4)c3)cc21. The van der Waals surface area contributed by atoms with Crippen molar-refractivity contribution in [2.75, 3.05) is 4.90 Å². The van der Waals surface area contributed by atoms with Crippen LogP contribution in [0.3, 0.4) is 0 Å². The first-order valence-corrected chi connectivity index (χ1v) is 22.3. The maximum absolute atomic E-state index is 2.58. The lowest BCUT2D eigenvalue weighted by Crippen LogP contribution is -2.48. The van der Waals surface area contributed by atoms with Crippen LogP contribution in [-0.4, -0.2) is 0 Å². The monoisotopic (exact) mass is 741 g/mol. The molecule has 6 aromatic carbocycles. The van der Waals surface area contributed by atoms with E-state index in [1.807, 2.05) is 0 Å². The van der Waals surface area contributed by atoms with Crippen LogP contribution >= 0.6 is 0 Å². The molecule has 3 atom stereocenters. The summed E-state index contributed by atoms with van der Waals surface area (Å²) in [5, 5.41) is 0. The summed E-state index contributed by atoms with van der Waals surface area (Å²) in [6.07, 6.45) is 14.2. The lowest BCUT2D eigenvalue weighted by atomic mass is 9.47. The predicted octanol–water partition coefficient (Wildman–Crippen LogP) is 15.2. The summed E-state index contributed by atoms with van der Waals surface area (Å²) in [6.45, 7) is 4.84. The quantitative estimate of drug-likeness (QED) is 0.157. The molecule has 0 aliphatic heterocycles. The maximum Gasteiger partial charge on any atom is 0.0467 e. The number of rotatable bonds is 7. The van der Waals surface area contributed by atoms with E-state index in [4.69, 9.17) is 0 Å². The second-order valence-corrected chi connectivity index (χ2v) is 20.0. The normalized spacial score (nSPS) is 28.4. The van der Waals surface area contributed by atoms with E-state index in [0.29, 0.717) is 5.41 Å². The minimum absolute atomic E-state index is 0.106. The fourth-order valence-electron chi connectivity index (χ4n) is 14.1. The molecule has 1 nitrogen and oxygen atoms in total. The van der Waals surface area contributed by atoms with Crippen molar-refractivity contribution in [2.45, 2.75) is 94.8 Å². The third kappa shape index (κ3) is 5.47. The Kier molecular flexibility index (Phi) is 7.68. The largest absolute Gasteiger partial charge is 0.310 e. The lowest BCUT2D eigenvalue weighted by molar-refractivity contribution is -0.00491. The zero-order valence-electron chi connectivity index (χ0n) is 33.8. The Hall–Kier alpha value is -4.88. The Morgan fingerprint density at radius 2 is 1.07 bits per heavy atom. The minimum Gasteiger partial charge on any atom is -0.310 e. The number of nitrogens with zero attached hydrogens (tertiary/aromatic N) is 1. The molecular formula is C56H55N. The first-order valence-electron chi connectivity index (χ1n) is 22.3. The Balaban J connectivity index is 0.999. The minimum atomic E-state index is -0.106. The van der Waals surface area contributed by atoms with Crippen LogP contribution in [0.2, 0.25) is 0 Å². The molecule has 6 saturated carbocycles. The summed E-state index contributed by atoms with van der Waals surface area (Å²) in [4.78, 5) is 2.58. The van der Waals surface area contributed by atoms with Crippen LogP contribution in [0.4, 0.5) is 17.1 Å². The molecule has 0 N–H and O–H groups in total. The molecule has 6 bridgehead atoms. The van der Waals surface area contributed by atoms with E-state index >= 15 is 0 Å². The van der Waals surface area contributed by atoms with Gasteiger partial charge in [-0.25, -0.2) is 0 Å². The van der Waals surface area contributed by atoms with Gasteiger partial charge >= 0.3 is 0 Å². The van der Waals surface area contributed by atoms with Gasteiger partial charge in [-0.1, -0.05) is 117 Å². The summed E-state index contributed by atoms with van der Waals surface area (Å²) in [7, 11) is 0. The van der Waals surface area contributed by atoms with E-state index in [1.54, 1.807) is 11.1 Å². The fourth-order valence-corrected chi connectivity index (χ4v) is 14.1. The van der Waals surface area contributed by atoms with Gasteiger partial charge in [0.1, 0.15) is 0 Å².